The van der Waals surface area contributed by atoms with E-state index in [1.807, 2.05) is 18.2 Å². The van der Waals surface area contributed by atoms with Gasteiger partial charge in [0.2, 0.25) is 10.0 Å². The van der Waals surface area contributed by atoms with E-state index in [2.05, 4.69) is 17.0 Å². The Labute approximate surface area is 165 Å². The molecule has 0 spiro atoms. The van der Waals surface area contributed by atoms with Crippen molar-refractivity contribution in [2.75, 3.05) is 32.8 Å². The number of benzene rings is 2. The van der Waals surface area contributed by atoms with Crippen LogP contribution in [0, 0.1) is 17.2 Å². The van der Waals surface area contributed by atoms with Crippen LogP contribution in [0.25, 0.3) is 0 Å². The molecule has 150 valence electrons. The molecule has 4 rings (SSSR count). The number of hydrogen-bond acceptors (Lipinski definition) is 4. The molecule has 0 bridgehead atoms. The van der Waals surface area contributed by atoms with Crippen LogP contribution in [0.3, 0.4) is 0 Å². The molecule has 2 aliphatic rings. The number of sulfonamides is 1. The number of likely N-dealkylation sites (tertiary alicyclic amines) is 1. The zero-order chi connectivity index (χ0) is 19.8. The third-order valence-electron chi connectivity index (χ3n) is 6.16. The van der Waals surface area contributed by atoms with E-state index in [1.54, 1.807) is 0 Å². The number of aliphatic hydroxyl groups is 1. The lowest BCUT2D eigenvalue weighted by Crippen LogP contribution is -2.50. The van der Waals surface area contributed by atoms with Crippen LogP contribution in [0.15, 0.2) is 59.5 Å². The topological polar surface area (TPSA) is 60.9 Å². The molecule has 0 aliphatic carbocycles. The van der Waals surface area contributed by atoms with Crippen molar-refractivity contribution in [3.8, 4) is 0 Å². The Morgan fingerprint density at radius 3 is 2.61 bits per heavy atom. The maximum Gasteiger partial charge on any atom is 0.243 e. The summed E-state index contributed by atoms with van der Waals surface area (Å²) in [6.07, 6.45) is 0.605. The monoisotopic (exact) mass is 404 g/mol. The van der Waals surface area contributed by atoms with Gasteiger partial charge in [0.05, 0.1) is 11.5 Å². The standard InChI is InChI=1S/C21H25FN2O3S/c22-19-7-4-8-20(11-19)28(26,27)24-10-9-21(16-25)15-23(13-18(21)14-24)12-17-5-2-1-3-6-17/h1-8,11,18,25H,9-10,12-16H2/t18-,21-/m0/s1. The Morgan fingerprint density at radius 1 is 1.11 bits per heavy atom. The summed E-state index contributed by atoms with van der Waals surface area (Å²) in [5.41, 5.74) is 0.932. The second kappa shape index (κ2) is 7.55. The summed E-state index contributed by atoms with van der Waals surface area (Å²) in [6, 6.07) is 15.3. The molecular weight excluding hydrogens is 379 g/mol. The molecule has 0 unspecified atom stereocenters. The van der Waals surface area contributed by atoms with E-state index < -0.39 is 15.8 Å². The highest BCUT2D eigenvalue weighted by Crippen LogP contribution is 2.44. The Bertz CT molecular complexity index is 938. The van der Waals surface area contributed by atoms with Crippen molar-refractivity contribution < 1.29 is 17.9 Å². The van der Waals surface area contributed by atoms with E-state index in [1.165, 1.54) is 28.1 Å². The molecule has 0 radical (unpaired) electrons. The molecule has 1 N–H and O–H groups in total. The Kier molecular flexibility index (Phi) is 5.26. The smallest absolute Gasteiger partial charge is 0.243 e. The van der Waals surface area contributed by atoms with Gasteiger partial charge in [-0.3, -0.25) is 4.90 Å². The van der Waals surface area contributed by atoms with Gasteiger partial charge in [-0.25, -0.2) is 12.8 Å². The fourth-order valence-corrected chi connectivity index (χ4v) is 6.10. The van der Waals surface area contributed by atoms with Crippen molar-refractivity contribution in [3.05, 3.63) is 66.0 Å². The van der Waals surface area contributed by atoms with E-state index in [9.17, 15) is 17.9 Å². The summed E-state index contributed by atoms with van der Waals surface area (Å²) in [5.74, 6) is -0.504. The first-order chi connectivity index (χ1) is 13.4. The molecule has 2 aliphatic heterocycles. The van der Waals surface area contributed by atoms with Gasteiger partial charge in [0.15, 0.2) is 0 Å². The third-order valence-corrected chi connectivity index (χ3v) is 8.03. The maximum absolute atomic E-state index is 13.5. The second-order valence-corrected chi connectivity index (χ2v) is 9.88. The van der Waals surface area contributed by atoms with E-state index in [0.29, 0.717) is 19.5 Å². The van der Waals surface area contributed by atoms with E-state index >= 15 is 0 Å². The van der Waals surface area contributed by atoms with Crippen LogP contribution >= 0.6 is 0 Å². The largest absolute Gasteiger partial charge is 0.396 e. The molecule has 7 heteroatoms. The number of fused-ring (bicyclic) bond motifs is 1. The van der Waals surface area contributed by atoms with Gasteiger partial charge >= 0.3 is 0 Å². The van der Waals surface area contributed by atoms with Crippen molar-refractivity contribution in [3.63, 3.8) is 0 Å². The molecule has 5 nitrogen and oxygen atoms in total. The molecule has 2 heterocycles. The zero-order valence-corrected chi connectivity index (χ0v) is 16.5. The summed E-state index contributed by atoms with van der Waals surface area (Å²) >= 11 is 0. The van der Waals surface area contributed by atoms with Gasteiger partial charge in [-0.15, -0.1) is 0 Å². The molecule has 0 amide bonds. The first kappa shape index (κ1) is 19.5. The minimum Gasteiger partial charge on any atom is -0.396 e. The van der Waals surface area contributed by atoms with Crippen molar-refractivity contribution in [1.82, 2.24) is 9.21 Å². The van der Waals surface area contributed by atoms with E-state index in [0.717, 1.165) is 25.7 Å². The van der Waals surface area contributed by atoms with Crippen molar-refractivity contribution in [1.29, 1.82) is 0 Å². The molecule has 2 aromatic rings. The molecule has 2 fully saturated rings. The summed E-state index contributed by atoms with van der Waals surface area (Å²) in [4.78, 5) is 2.29. The molecule has 28 heavy (non-hydrogen) atoms. The Morgan fingerprint density at radius 2 is 1.89 bits per heavy atom. The molecular formula is C21H25FN2O3S. The van der Waals surface area contributed by atoms with Crippen LogP contribution in [0.5, 0.6) is 0 Å². The predicted molar refractivity (Wildman–Crippen MR) is 105 cm³/mol. The fourth-order valence-electron chi connectivity index (χ4n) is 4.58. The van der Waals surface area contributed by atoms with Crippen LogP contribution in [0.1, 0.15) is 12.0 Å². The van der Waals surface area contributed by atoms with Crippen LogP contribution in [0.4, 0.5) is 4.39 Å². The molecule has 0 aromatic heterocycles. The lowest BCUT2D eigenvalue weighted by molar-refractivity contribution is 0.0436. The zero-order valence-electron chi connectivity index (χ0n) is 15.7. The lowest BCUT2D eigenvalue weighted by Gasteiger charge is -2.41. The van der Waals surface area contributed by atoms with Crippen LogP contribution in [-0.4, -0.2) is 55.5 Å². The van der Waals surface area contributed by atoms with Gasteiger partial charge in [0.1, 0.15) is 5.82 Å². The number of aliphatic hydroxyl groups excluding tert-OH is 1. The highest BCUT2D eigenvalue weighted by atomic mass is 32.2. The summed E-state index contributed by atoms with van der Waals surface area (Å²) in [5, 5.41) is 10.1. The van der Waals surface area contributed by atoms with E-state index in [-0.39, 0.29) is 22.8 Å². The summed E-state index contributed by atoms with van der Waals surface area (Å²) in [7, 11) is -3.74. The lowest BCUT2D eigenvalue weighted by atomic mass is 9.74. The third kappa shape index (κ3) is 3.59. The Hall–Kier alpha value is -1.80. The van der Waals surface area contributed by atoms with Crippen LogP contribution < -0.4 is 0 Å². The summed E-state index contributed by atoms with van der Waals surface area (Å²) < 4.78 is 40.9. The number of piperidine rings is 1. The summed E-state index contributed by atoms with van der Waals surface area (Å²) in [6.45, 7) is 3.04. The van der Waals surface area contributed by atoms with Crippen molar-refractivity contribution in [2.24, 2.45) is 11.3 Å². The Balaban J connectivity index is 1.52. The van der Waals surface area contributed by atoms with Gasteiger partial charge in [-0.1, -0.05) is 36.4 Å². The fraction of sp³-hybridized carbons (Fsp3) is 0.429. The molecule has 2 atom stereocenters. The maximum atomic E-state index is 13.5. The molecule has 2 saturated heterocycles. The van der Waals surface area contributed by atoms with Gasteiger partial charge in [-0.05, 0) is 36.1 Å². The highest BCUT2D eigenvalue weighted by molar-refractivity contribution is 7.89. The van der Waals surface area contributed by atoms with E-state index in [4.69, 9.17) is 0 Å². The normalized spacial score (nSPS) is 26.3. The average molecular weight is 405 g/mol. The van der Waals surface area contributed by atoms with Gasteiger partial charge < -0.3 is 5.11 Å². The van der Waals surface area contributed by atoms with Crippen molar-refractivity contribution in [2.45, 2.75) is 17.9 Å². The number of nitrogens with zero attached hydrogens (tertiary/aromatic N) is 2. The number of halogens is 1. The van der Waals surface area contributed by atoms with Gasteiger partial charge in [0.25, 0.3) is 0 Å². The number of rotatable bonds is 5. The first-order valence-corrected chi connectivity index (χ1v) is 11.0. The first-order valence-electron chi connectivity index (χ1n) is 9.56. The average Bonchev–Trinajstić information content (AvgIpc) is 3.06. The SMILES string of the molecule is O=S(=O)(c1cccc(F)c1)N1CC[C@@]2(CO)CN(Cc3ccccc3)C[C@H]2C1. The van der Waals surface area contributed by atoms with Crippen LogP contribution in [0.2, 0.25) is 0 Å². The molecule has 0 saturated carbocycles. The van der Waals surface area contributed by atoms with Crippen LogP contribution in [-0.2, 0) is 16.6 Å². The molecule has 2 aromatic carbocycles. The minimum atomic E-state index is -3.74. The van der Waals surface area contributed by atoms with Crippen molar-refractivity contribution >= 4 is 10.0 Å². The predicted octanol–water partition coefficient (Wildman–Crippen LogP) is 2.33. The second-order valence-electron chi connectivity index (χ2n) is 7.94. The van der Waals surface area contributed by atoms with Gasteiger partial charge in [0, 0.05) is 38.1 Å². The quantitative estimate of drug-likeness (QED) is 0.831. The van der Waals surface area contributed by atoms with Gasteiger partial charge in [-0.2, -0.15) is 4.31 Å². The number of hydrogen-bond donors (Lipinski definition) is 1. The highest BCUT2D eigenvalue weighted by Gasteiger charge is 2.50. The minimum absolute atomic E-state index is 0.0110.